The first kappa shape index (κ1) is 13.0. The van der Waals surface area contributed by atoms with Crippen LogP contribution in [-0.4, -0.2) is 18.6 Å². The van der Waals surface area contributed by atoms with Gasteiger partial charge in [0.1, 0.15) is 6.04 Å². The molecule has 1 atom stereocenters. The molecule has 0 bridgehead atoms. The molecule has 0 aliphatic heterocycles. The van der Waals surface area contributed by atoms with E-state index in [1.54, 1.807) is 13.0 Å². The summed E-state index contributed by atoms with van der Waals surface area (Å²) >= 11 is 6.05. The van der Waals surface area contributed by atoms with Gasteiger partial charge in [0.15, 0.2) is 0 Å². The Balaban J connectivity index is 2.76. The summed E-state index contributed by atoms with van der Waals surface area (Å²) in [6.07, 6.45) is 0.407. The molecule has 0 aliphatic rings. The van der Waals surface area contributed by atoms with Gasteiger partial charge in [0, 0.05) is 5.02 Å². The molecule has 2 N–H and O–H groups in total. The molecule has 4 heteroatoms. The highest BCUT2D eigenvalue weighted by Gasteiger charge is 2.17. The minimum absolute atomic E-state index is 0.341. The quantitative estimate of drug-likeness (QED) is 0.822. The van der Waals surface area contributed by atoms with Gasteiger partial charge in [0.2, 0.25) is 0 Å². The normalized spacial score (nSPS) is 12.2. The Hall–Kier alpha value is -1.06. The maximum atomic E-state index is 11.4. The number of nitrogens with two attached hydrogens (primary N) is 1. The molecule has 0 aliphatic carbocycles. The maximum Gasteiger partial charge on any atom is 0.323 e. The van der Waals surface area contributed by atoms with Crippen molar-refractivity contribution in [3.05, 3.63) is 34.3 Å². The molecule has 0 fully saturated rings. The highest BCUT2D eigenvalue weighted by atomic mass is 35.5. The average molecular weight is 242 g/mol. The van der Waals surface area contributed by atoms with Crippen molar-refractivity contribution in [3.8, 4) is 0 Å². The Labute approximate surface area is 101 Å². The molecule has 3 nitrogen and oxygen atoms in total. The van der Waals surface area contributed by atoms with Crippen LogP contribution in [0.25, 0.3) is 0 Å². The van der Waals surface area contributed by atoms with Crippen LogP contribution in [0.2, 0.25) is 5.02 Å². The topological polar surface area (TPSA) is 52.3 Å². The van der Waals surface area contributed by atoms with Crippen molar-refractivity contribution in [2.45, 2.75) is 26.3 Å². The van der Waals surface area contributed by atoms with Crippen LogP contribution in [0.1, 0.15) is 18.1 Å². The van der Waals surface area contributed by atoms with Crippen LogP contribution < -0.4 is 5.73 Å². The zero-order valence-corrected chi connectivity index (χ0v) is 10.3. The van der Waals surface area contributed by atoms with Crippen LogP contribution in [0.15, 0.2) is 18.2 Å². The summed E-state index contributed by atoms with van der Waals surface area (Å²) in [7, 11) is 0. The number of aryl methyl sites for hydroxylation is 1. The third-order valence-electron chi connectivity index (χ3n) is 2.37. The fourth-order valence-corrected chi connectivity index (χ4v) is 1.78. The summed E-state index contributed by atoms with van der Waals surface area (Å²) in [6.45, 7) is 4.04. The van der Waals surface area contributed by atoms with E-state index in [1.807, 2.05) is 19.1 Å². The van der Waals surface area contributed by atoms with Gasteiger partial charge in [-0.1, -0.05) is 23.7 Å². The first-order valence-electron chi connectivity index (χ1n) is 5.22. The molecule has 16 heavy (non-hydrogen) atoms. The zero-order chi connectivity index (χ0) is 12.1. The van der Waals surface area contributed by atoms with E-state index in [0.29, 0.717) is 18.1 Å². The van der Waals surface area contributed by atoms with Crippen LogP contribution in [0.4, 0.5) is 0 Å². The number of hydrogen-bond acceptors (Lipinski definition) is 3. The van der Waals surface area contributed by atoms with Gasteiger partial charge in [-0.15, -0.1) is 0 Å². The molecule has 0 radical (unpaired) electrons. The highest BCUT2D eigenvalue weighted by Crippen LogP contribution is 2.20. The maximum absolute atomic E-state index is 11.4. The van der Waals surface area contributed by atoms with Crippen molar-refractivity contribution in [2.75, 3.05) is 6.61 Å². The van der Waals surface area contributed by atoms with Gasteiger partial charge >= 0.3 is 5.97 Å². The predicted molar refractivity (Wildman–Crippen MR) is 64.5 cm³/mol. The molecular weight excluding hydrogens is 226 g/mol. The van der Waals surface area contributed by atoms with Crippen molar-refractivity contribution in [3.63, 3.8) is 0 Å². The Bertz CT molecular complexity index is 359. The molecule has 1 unspecified atom stereocenters. The van der Waals surface area contributed by atoms with Gasteiger partial charge < -0.3 is 10.5 Å². The van der Waals surface area contributed by atoms with Crippen molar-refractivity contribution < 1.29 is 9.53 Å². The Morgan fingerprint density at radius 2 is 2.25 bits per heavy atom. The Morgan fingerprint density at radius 1 is 1.56 bits per heavy atom. The Morgan fingerprint density at radius 3 is 2.81 bits per heavy atom. The molecule has 0 aromatic heterocycles. The number of benzene rings is 1. The van der Waals surface area contributed by atoms with E-state index in [0.717, 1.165) is 11.1 Å². The van der Waals surface area contributed by atoms with Gasteiger partial charge in [0.25, 0.3) is 0 Å². The summed E-state index contributed by atoms with van der Waals surface area (Å²) < 4.78 is 4.85. The molecular formula is C12H16ClNO2. The van der Waals surface area contributed by atoms with E-state index in [2.05, 4.69) is 0 Å². The van der Waals surface area contributed by atoms with E-state index in [9.17, 15) is 4.79 Å². The Kier molecular flexibility index (Phi) is 4.77. The number of rotatable bonds is 4. The van der Waals surface area contributed by atoms with Gasteiger partial charge in [-0.05, 0) is 37.5 Å². The second-order valence-corrected chi connectivity index (χ2v) is 4.01. The molecule has 1 aromatic rings. The SMILES string of the molecule is CCOC(=O)C(N)Cc1c(C)cccc1Cl. The van der Waals surface area contributed by atoms with Gasteiger partial charge in [-0.3, -0.25) is 4.79 Å². The van der Waals surface area contributed by atoms with E-state index in [4.69, 9.17) is 22.1 Å². The lowest BCUT2D eigenvalue weighted by Crippen LogP contribution is -2.34. The lowest BCUT2D eigenvalue weighted by atomic mass is 10.0. The molecule has 0 saturated heterocycles. The zero-order valence-electron chi connectivity index (χ0n) is 9.50. The smallest absolute Gasteiger partial charge is 0.323 e. The van der Waals surface area contributed by atoms with Crippen molar-refractivity contribution in [2.24, 2.45) is 5.73 Å². The first-order chi connectivity index (χ1) is 7.56. The van der Waals surface area contributed by atoms with Crippen molar-refractivity contribution in [1.29, 1.82) is 0 Å². The lowest BCUT2D eigenvalue weighted by Gasteiger charge is -2.13. The largest absolute Gasteiger partial charge is 0.465 e. The fourth-order valence-electron chi connectivity index (χ4n) is 1.48. The first-order valence-corrected chi connectivity index (χ1v) is 5.60. The molecule has 0 amide bonds. The fraction of sp³-hybridized carbons (Fsp3) is 0.417. The number of halogens is 1. The number of ether oxygens (including phenoxy) is 1. The van der Waals surface area contributed by atoms with E-state index < -0.39 is 6.04 Å². The van der Waals surface area contributed by atoms with E-state index >= 15 is 0 Å². The third-order valence-corrected chi connectivity index (χ3v) is 2.72. The van der Waals surface area contributed by atoms with Crippen LogP contribution in [-0.2, 0) is 16.0 Å². The minimum atomic E-state index is -0.654. The summed E-state index contributed by atoms with van der Waals surface area (Å²) in [4.78, 5) is 11.4. The van der Waals surface area contributed by atoms with Gasteiger partial charge in [-0.2, -0.15) is 0 Å². The summed E-state index contributed by atoms with van der Waals surface area (Å²) in [5, 5.41) is 0.639. The van der Waals surface area contributed by atoms with Crippen molar-refractivity contribution in [1.82, 2.24) is 0 Å². The number of carbonyl (C=O) groups excluding carboxylic acids is 1. The summed E-state index contributed by atoms with van der Waals surface area (Å²) in [6, 6.07) is 4.95. The number of hydrogen-bond donors (Lipinski definition) is 1. The third kappa shape index (κ3) is 3.22. The van der Waals surface area contributed by atoms with Gasteiger partial charge in [-0.25, -0.2) is 0 Å². The van der Waals surface area contributed by atoms with Crippen LogP contribution in [0.3, 0.4) is 0 Å². The standard InChI is InChI=1S/C12H16ClNO2/c1-3-16-12(15)11(14)7-9-8(2)5-4-6-10(9)13/h4-6,11H,3,7,14H2,1-2H3. The second-order valence-electron chi connectivity index (χ2n) is 3.60. The van der Waals surface area contributed by atoms with Gasteiger partial charge in [0.05, 0.1) is 6.61 Å². The second kappa shape index (κ2) is 5.87. The molecule has 0 spiro atoms. The minimum Gasteiger partial charge on any atom is -0.465 e. The molecule has 0 saturated carbocycles. The van der Waals surface area contributed by atoms with Crippen molar-refractivity contribution >= 4 is 17.6 Å². The van der Waals surface area contributed by atoms with Crippen LogP contribution >= 0.6 is 11.6 Å². The molecule has 1 aromatic carbocycles. The van der Waals surface area contributed by atoms with E-state index in [-0.39, 0.29) is 5.97 Å². The molecule has 88 valence electrons. The average Bonchev–Trinajstić information content (AvgIpc) is 2.23. The lowest BCUT2D eigenvalue weighted by molar-refractivity contribution is -0.144. The highest BCUT2D eigenvalue weighted by molar-refractivity contribution is 6.31. The monoisotopic (exact) mass is 241 g/mol. The number of esters is 1. The van der Waals surface area contributed by atoms with E-state index in [1.165, 1.54) is 0 Å². The van der Waals surface area contributed by atoms with Crippen LogP contribution in [0.5, 0.6) is 0 Å². The summed E-state index contributed by atoms with van der Waals surface area (Å²) in [5.41, 5.74) is 7.68. The predicted octanol–water partition coefficient (Wildman–Crippen LogP) is 2.08. The number of carbonyl (C=O) groups is 1. The molecule has 0 heterocycles. The molecule has 1 rings (SSSR count). The van der Waals surface area contributed by atoms with Crippen LogP contribution in [0, 0.1) is 6.92 Å². The summed E-state index contributed by atoms with van der Waals surface area (Å²) in [5.74, 6) is -0.387.